The molecule has 0 atom stereocenters. The Morgan fingerprint density at radius 2 is 0.691 bits per heavy atom. The lowest BCUT2D eigenvalue weighted by atomic mass is 9.99. The van der Waals surface area contributed by atoms with E-state index in [1.807, 2.05) is 78.9 Å². The average Bonchev–Trinajstić information content (AvgIpc) is 3.65. The van der Waals surface area contributed by atoms with Gasteiger partial charge in [0.1, 0.15) is 0 Å². The molecule has 7 aromatic carbocycles. The van der Waals surface area contributed by atoms with Crippen LogP contribution in [0.25, 0.3) is 99.4 Å². The molecule has 3 heterocycles. The third kappa shape index (κ3) is 6.45. The Bertz CT molecular complexity index is 2920. The number of hydrogen-bond donors (Lipinski definition) is 0. The lowest BCUT2D eigenvalue weighted by Gasteiger charge is -2.12. The average molecular weight is 722 g/mol. The number of fused-ring (bicyclic) bond motifs is 3. The van der Waals surface area contributed by atoms with E-state index in [0.717, 1.165) is 55.9 Å². The molecule has 0 aliphatic rings. The van der Waals surface area contributed by atoms with Gasteiger partial charge in [-0.05, 0) is 41.5 Å². The molecule has 0 saturated carbocycles. The summed E-state index contributed by atoms with van der Waals surface area (Å²) in [6.07, 6.45) is 0. The van der Waals surface area contributed by atoms with E-state index in [9.17, 15) is 0 Å². The van der Waals surface area contributed by atoms with Crippen LogP contribution in [0.5, 0.6) is 0 Å². The van der Waals surface area contributed by atoms with Gasteiger partial charge < -0.3 is 0 Å². The minimum atomic E-state index is 0.620. The first-order chi connectivity index (χ1) is 27.2. The monoisotopic (exact) mass is 721 g/mol. The van der Waals surface area contributed by atoms with Crippen molar-refractivity contribution < 1.29 is 0 Å². The number of benzene rings is 7. The van der Waals surface area contributed by atoms with Gasteiger partial charge in [0.25, 0.3) is 0 Å². The van der Waals surface area contributed by atoms with Crippen LogP contribution >= 0.6 is 11.3 Å². The van der Waals surface area contributed by atoms with E-state index in [2.05, 4.69) is 109 Å². The molecule has 0 aliphatic heterocycles. The third-order valence-corrected chi connectivity index (χ3v) is 10.9. The first kappa shape index (κ1) is 32.5. The highest BCUT2D eigenvalue weighted by Crippen LogP contribution is 2.37. The molecular formula is C49H31N5S. The van der Waals surface area contributed by atoms with Crippen LogP contribution in [0.2, 0.25) is 0 Å². The molecule has 5 nitrogen and oxygen atoms in total. The van der Waals surface area contributed by atoms with Gasteiger partial charge in [-0.3, -0.25) is 0 Å². The molecule has 0 radical (unpaired) electrons. The van der Waals surface area contributed by atoms with Gasteiger partial charge in [-0.15, -0.1) is 11.3 Å². The van der Waals surface area contributed by atoms with Crippen molar-refractivity contribution in [3.05, 3.63) is 188 Å². The maximum Gasteiger partial charge on any atom is 0.164 e. The molecule has 0 spiro atoms. The highest BCUT2D eigenvalue weighted by molar-refractivity contribution is 7.25. The Kier molecular flexibility index (Phi) is 8.28. The van der Waals surface area contributed by atoms with Gasteiger partial charge in [0.2, 0.25) is 0 Å². The number of nitrogens with zero attached hydrogens (tertiary/aromatic N) is 5. The van der Waals surface area contributed by atoms with Crippen LogP contribution in [0, 0.1) is 0 Å². The minimum Gasteiger partial charge on any atom is -0.228 e. The topological polar surface area (TPSA) is 64.5 Å². The van der Waals surface area contributed by atoms with Gasteiger partial charge in [-0.1, -0.05) is 158 Å². The number of thiophene rings is 1. The molecule has 6 heteroatoms. The summed E-state index contributed by atoms with van der Waals surface area (Å²) in [5.74, 6) is 2.59. The van der Waals surface area contributed by atoms with E-state index >= 15 is 0 Å². The number of hydrogen-bond acceptors (Lipinski definition) is 6. The molecule has 10 aromatic rings. The van der Waals surface area contributed by atoms with E-state index in [1.165, 1.54) is 20.2 Å². The van der Waals surface area contributed by atoms with Gasteiger partial charge in [-0.2, -0.15) is 0 Å². The Morgan fingerprint density at radius 1 is 0.255 bits per heavy atom. The number of aromatic nitrogens is 5. The van der Waals surface area contributed by atoms with E-state index in [1.54, 1.807) is 11.3 Å². The fraction of sp³-hybridized carbons (Fsp3) is 0. The van der Waals surface area contributed by atoms with Gasteiger partial charge in [0, 0.05) is 53.6 Å². The van der Waals surface area contributed by atoms with Crippen LogP contribution < -0.4 is 0 Å². The molecule has 0 N–H and O–H groups in total. The largest absolute Gasteiger partial charge is 0.228 e. The van der Waals surface area contributed by atoms with Crippen molar-refractivity contribution in [1.82, 2.24) is 24.9 Å². The Labute approximate surface area is 322 Å². The molecule has 0 fully saturated rings. The summed E-state index contributed by atoms with van der Waals surface area (Å²) < 4.78 is 2.50. The highest BCUT2D eigenvalue weighted by Gasteiger charge is 2.15. The molecule has 55 heavy (non-hydrogen) atoms. The second-order valence-electron chi connectivity index (χ2n) is 13.3. The summed E-state index contributed by atoms with van der Waals surface area (Å²) in [5.41, 5.74) is 9.67. The third-order valence-electron chi connectivity index (χ3n) is 9.74. The lowest BCUT2D eigenvalue weighted by molar-refractivity contribution is 1.07. The van der Waals surface area contributed by atoms with Crippen molar-refractivity contribution in [3.8, 4) is 79.2 Å². The summed E-state index contributed by atoms with van der Waals surface area (Å²) in [6.45, 7) is 0. The van der Waals surface area contributed by atoms with Crippen LogP contribution in [0.4, 0.5) is 0 Å². The summed E-state index contributed by atoms with van der Waals surface area (Å²) in [6, 6.07) is 64.6. The maximum atomic E-state index is 5.20. The van der Waals surface area contributed by atoms with Crippen LogP contribution in [-0.4, -0.2) is 24.9 Å². The van der Waals surface area contributed by atoms with E-state index in [-0.39, 0.29) is 0 Å². The maximum absolute atomic E-state index is 5.20. The van der Waals surface area contributed by atoms with Crippen LogP contribution in [-0.2, 0) is 0 Å². The summed E-state index contributed by atoms with van der Waals surface area (Å²) in [7, 11) is 0. The molecule has 3 aromatic heterocycles. The number of rotatable bonds is 7. The first-order valence-electron chi connectivity index (χ1n) is 18.2. The second kappa shape index (κ2) is 14.0. The normalized spacial score (nSPS) is 11.3. The van der Waals surface area contributed by atoms with Crippen LogP contribution in [0.15, 0.2) is 188 Å². The predicted molar refractivity (Wildman–Crippen MR) is 226 cm³/mol. The molecule has 0 saturated heterocycles. The molecule has 10 rings (SSSR count). The zero-order valence-corrected chi connectivity index (χ0v) is 30.4. The zero-order valence-electron chi connectivity index (χ0n) is 29.5. The van der Waals surface area contributed by atoms with E-state index < -0.39 is 0 Å². The van der Waals surface area contributed by atoms with Crippen molar-refractivity contribution in [2.45, 2.75) is 0 Å². The summed E-state index contributed by atoms with van der Waals surface area (Å²) in [5, 5.41) is 2.53. The Morgan fingerprint density at radius 3 is 1.35 bits per heavy atom. The first-order valence-corrected chi connectivity index (χ1v) is 19.0. The Balaban J connectivity index is 1.06. The van der Waals surface area contributed by atoms with Crippen LogP contribution in [0.1, 0.15) is 0 Å². The fourth-order valence-corrected chi connectivity index (χ4v) is 8.12. The molecular weight excluding hydrogens is 691 g/mol. The second-order valence-corrected chi connectivity index (χ2v) is 14.4. The molecule has 0 unspecified atom stereocenters. The van der Waals surface area contributed by atoms with E-state index in [0.29, 0.717) is 23.3 Å². The van der Waals surface area contributed by atoms with Gasteiger partial charge in [0.05, 0.1) is 11.4 Å². The van der Waals surface area contributed by atoms with Crippen molar-refractivity contribution >= 4 is 31.5 Å². The standard InChI is InChI=1S/C49H31N5S/c1-4-14-32(15-5-1)42-31-43(51-48(50-42)39-26-27-41-40-24-10-11-25-44(40)55-45(41)30-39)37-22-12-20-35(28-37)36-21-13-23-38(29-36)49-53-46(33-16-6-2-7-17-33)52-47(54-49)34-18-8-3-9-19-34/h1-31H. The van der Waals surface area contributed by atoms with Crippen molar-refractivity contribution in [2.75, 3.05) is 0 Å². The lowest BCUT2D eigenvalue weighted by Crippen LogP contribution is -2.00. The molecule has 0 amide bonds. The summed E-state index contributed by atoms with van der Waals surface area (Å²) >= 11 is 1.80. The smallest absolute Gasteiger partial charge is 0.164 e. The van der Waals surface area contributed by atoms with E-state index in [4.69, 9.17) is 24.9 Å². The molecule has 0 bridgehead atoms. The van der Waals surface area contributed by atoms with Crippen LogP contribution in [0.3, 0.4) is 0 Å². The van der Waals surface area contributed by atoms with Crippen molar-refractivity contribution in [1.29, 1.82) is 0 Å². The predicted octanol–water partition coefficient (Wildman–Crippen LogP) is 12.7. The van der Waals surface area contributed by atoms with Gasteiger partial charge in [0.15, 0.2) is 23.3 Å². The quantitative estimate of drug-likeness (QED) is 0.164. The molecule has 258 valence electrons. The zero-order chi connectivity index (χ0) is 36.6. The highest BCUT2D eigenvalue weighted by atomic mass is 32.1. The van der Waals surface area contributed by atoms with Crippen molar-refractivity contribution in [3.63, 3.8) is 0 Å². The fourth-order valence-electron chi connectivity index (χ4n) is 6.98. The Hall–Kier alpha value is -7.15. The SMILES string of the molecule is c1ccc(-c2cc(-c3cccc(-c4cccc(-c5nc(-c6ccccc6)nc(-c6ccccc6)n5)c4)c3)nc(-c3ccc4c(c3)sc3ccccc34)n2)cc1. The summed E-state index contributed by atoms with van der Waals surface area (Å²) in [4.78, 5) is 25.1. The van der Waals surface area contributed by atoms with Crippen molar-refractivity contribution in [2.24, 2.45) is 0 Å². The molecule has 0 aliphatic carbocycles. The van der Waals surface area contributed by atoms with Gasteiger partial charge in [-0.25, -0.2) is 24.9 Å². The van der Waals surface area contributed by atoms with Gasteiger partial charge >= 0.3 is 0 Å². The minimum absolute atomic E-state index is 0.620.